The first-order valence-corrected chi connectivity index (χ1v) is 10.7. The molecule has 0 spiro atoms. The van der Waals surface area contributed by atoms with E-state index in [-0.39, 0.29) is 17.9 Å². The highest BCUT2D eigenvalue weighted by atomic mass is 32.1. The van der Waals surface area contributed by atoms with E-state index in [0.717, 1.165) is 24.0 Å². The molecule has 1 N–H and O–H groups in total. The number of carbonyl (C=O) groups excluding carboxylic acids is 1. The molecule has 0 saturated heterocycles. The molecule has 0 fully saturated rings. The van der Waals surface area contributed by atoms with Gasteiger partial charge in [-0.05, 0) is 42.0 Å². The lowest BCUT2D eigenvalue weighted by atomic mass is 10.1. The molecule has 0 atom stereocenters. The van der Waals surface area contributed by atoms with Crippen molar-refractivity contribution >= 4 is 38.9 Å². The van der Waals surface area contributed by atoms with Crippen LogP contribution >= 0.6 is 11.3 Å². The molecule has 4 rings (SSSR count). The Balaban J connectivity index is 1.58. The number of rotatable bonds is 7. The Morgan fingerprint density at radius 1 is 1.14 bits per heavy atom. The van der Waals surface area contributed by atoms with Crippen LogP contribution in [0.2, 0.25) is 0 Å². The summed E-state index contributed by atoms with van der Waals surface area (Å²) in [6.45, 7) is 4.71. The van der Waals surface area contributed by atoms with Crippen molar-refractivity contribution in [3.63, 3.8) is 0 Å². The fourth-order valence-corrected chi connectivity index (χ4v) is 4.26. The van der Waals surface area contributed by atoms with Gasteiger partial charge in [0.2, 0.25) is 11.7 Å². The molecule has 3 heterocycles. The van der Waals surface area contributed by atoms with Crippen molar-refractivity contribution in [1.29, 1.82) is 0 Å². The third kappa shape index (κ3) is 3.67. The van der Waals surface area contributed by atoms with Gasteiger partial charge < -0.3 is 5.32 Å². The lowest BCUT2D eigenvalue weighted by Gasteiger charge is -2.08. The van der Waals surface area contributed by atoms with Gasteiger partial charge >= 0.3 is 0 Å². The molecule has 0 unspecified atom stereocenters. The molecule has 7 nitrogen and oxygen atoms in total. The molecular formula is C21H23N5O2S. The summed E-state index contributed by atoms with van der Waals surface area (Å²) in [6, 6.07) is 9.78. The molecule has 0 bridgehead atoms. The van der Waals surface area contributed by atoms with Crippen molar-refractivity contribution < 1.29 is 4.79 Å². The molecule has 3 aromatic heterocycles. The quantitative estimate of drug-likeness (QED) is 0.505. The Morgan fingerprint density at radius 2 is 1.93 bits per heavy atom. The van der Waals surface area contributed by atoms with Crippen molar-refractivity contribution in [3.05, 3.63) is 57.5 Å². The van der Waals surface area contributed by atoms with E-state index in [2.05, 4.69) is 22.4 Å². The topological polar surface area (TPSA) is 81.3 Å². The van der Waals surface area contributed by atoms with Gasteiger partial charge in [-0.3, -0.25) is 18.6 Å². The normalized spacial score (nSPS) is 11.4. The molecule has 4 aromatic rings. The number of amides is 1. The highest BCUT2D eigenvalue weighted by Gasteiger charge is 2.17. The number of hydrogen-bond acceptors (Lipinski definition) is 5. The van der Waals surface area contributed by atoms with Crippen LogP contribution in [-0.4, -0.2) is 25.1 Å². The van der Waals surface area contributed by atoms with Crippen molar-refractivity contribution in [2.45, 2.75) is 46.1 Å². The fraction of sp³-hybridized carbons (Fsp3) is 0.333. The summed E-state index contributed by atoms with van der Waals surface area (Å²) in [4.78, 5) is 25.2. The lowest BCUT2D eigenvalue weighted by Crippen LogP contribution is -2.22. The van der Waals surface area contributed by atoms with Gasteiger partial charge in [-0.1, -0.05) is 26.0 Å². The highest BCUT2D eigenvalue weighted by Crippen LogP contribution is 2.20. The predicted octanol–water partition coefficient (Wildman–Crippen LogP) is 3.65. The van der Waals surface area contributed by atoms with Crippen LogP contribution in [0.1, 0.15) is 38.1 Å². The zero-order valence-electron chi connectivity index (χ0n) is 16.5. The Hall–Kier alpha value is -3.00. The third-order valence-corrected chi connectivity index (χ3v) is 5.84. The zero-order valence-corrected chi connectivity index (χ0v) is 17.3. The summed E-state index contributed by atoms with van der Waals surface area (Å²) in [7, 11) is 0. The standard InChI is InChI=1S/C21H23N5O2S/c1-3-12-25-20(28)19-16(11-13-29-19)26-17(23-24-21(25)26)9-10-18(27)22-15-7-5-14(4-2)6-8-15/h5-8,11,13H,3-4,9-10,12H2,1-2H3,(H,22,27). The third-order valence-electron chi connectivity index (χ3n) is 4.95. The first kappa shape index (κ1) is 19.3. The number of fused-ring (bicyclic) bond motifs is 3. The summed E-state index contributed by atoms with van der Waals surface area (Å²) < 4.78 is 4.27. The number of thiophene rings is 1. The molecule has 150 valence electrons. The molecule has 1 amide bonds. The smallest absolute Gasteiger partial charge is 0.272 e. The van der Waals surface area contributed by atoms with Crippen LogP contribution in [0.25, 0.3) is 16.0 Å². The van der Waals surface area contributed by atoms with E-state index >= 15 is 0 Å². The van der Waals surface area contributed by atoms with Gasteiger partial charge in [-0.15, -0.1) is 21.5 Å². The van der Waals surface area contributed by atoms with Crippen molar-refractivity contribution in [1.82, 2.24) is 19.2 Å². The Kier molecular flexibility index (Phi) is 5.44. The second kappa shape index (κ2) is 8.16. The minimum atomic E-state index is -0.0746. The minimum absolute atomic E-state index is 0.0310. The van der Waals surface area contributed by atoms with Crippen LogP contribution in [0.4, 0.5) is 5.69 Å². The van der Waals surface area contributed by atoms with Gasteiger partial charge in [0.05, 0.1) is 5.52 Å². The van der Waals surface area contributed by atoms with Gasteiger partial charge in [0, 0.05) is 25.1 Å². The summed E-state index contributed by atoms with van der Waals surface area (Å²) in [5.74, 6) is 1.15. The van der Waals surface area contributed by atoms with Gasteiger partial charge in [0.25, 0.3) is 5.56 Å². The molecule has 0 saturated carbocycles. The number of carbonyl (C=O) groups is 1. The maximum absolute atomic E-state index is 12.7. The highest BCUT2D eigenvalue weighted by molar-refractivity contribution is 7.17. The molecule has 1 aromatic carbocycles. The Morgan fingerprint density at radius 3 is 2.66 bits per heavy atom. The average Bonchev–Trinajstić information content (AvgIpc) is 3.37. The van der Waals surface area contributed by atoms with Gasteiger partial charge in [0.15, 0.2) is 0 Å². The number of nitrogens with zero attached hydrogens (tertiary/aromatic N) is 4. The molecule has 0 aliphatic heterocycles. The SMILES string of the molecule is CCCn1c(=O)c2sccc2n2c(CCC(=O)Nc3ccc(CC)cc3)nnc12. The van der Waals surface area contributed by atoms with E-state index in [4.69, 9.17) is 0 Å². The first-order chi connectivity index (χ1) is 14.1. The molecule has 0 radical (unpaired) electrons. The van der Waals surface area contributed by atoms with Crippen LogP contribution in [0.15, 0.2) is 40.5 Å². The molecular weight excluding hydrogens is 386 g/mol. The molecule has 8 heteroatoms. The van der Waals surface area contributed by atoms with Gasteiger partial charge in [-0.25, -0.2) is 0 Å². The van der Waals surface area contributed by atoms with Crippen molar-refractivity contribution in [3.8, 4) is 0 Å². The predicted molar refractivity (Wildman–Crippen MR) is 116 cm³/mol. The van der Waals surface area contributed by atoms with Crippen LogP contribution < -0.4 is 10.9 Å². The van der Waals surface area contributed by atoms with E-state index in [1.54, 1.807) is 4.57 Å². The van der Waals surface area contributed by atoms with Gasteiger partial charge in [0.1, 0.15) is 10.5 Å². The van der Waals surface area contributed by atoms with Crippen LogP contribution in [-0.2, 0) is 24.2 Å². The maximum atomic E-state index is 12.7. The van der Waals surface area contributed by atoms with Crippen LogP contribution in [0.5, 0.6) is 0 Å². The zero-order chi connectivity index (χ0) is 20.4. The Bertz CT molecular complexity index is 1220. The number of nitrogens with one attached hydrogen (secondary N) is 1. The molecule has 0 aliphatic carbocycles. The van der Waals surface area contributed by atoms with E-state index in [9.17, 15) is 9.59 Å². The summed E-state index contributed by atoms with van der Waals surface area (Å²) >= 11 is 1.42. The van der Waals surface area contributed by atoms with Gasteiger partial charge in [-0.2, -0.15) is 0 Å². The van der Waals surface area contributed by atoms with E-state index in [1.807, 2.05) is 47.0 Å². The summed E-state index contributed by atoms with van der Waals surface area (Å²) in [5, 5.41) is 13.4. The Labute approximate surface area is 172 Å². The van der Waals surface area contributed by atoms with E-state index < -0.39 is 0 Å². The first-order valence-electron chi connectivity index (χ1n) is 9.85. The summed E-state index contributed by atoms with van der Waals surface area (Å²) in [5.41, 5.74) is 2.79. The second-order valence-corrected chi connectivity index (χ2v) is 7.86. The number of benzene rings is 1. The van der Waals surface area contributed by atoms with E-state index in [1.165, 1.54) is 16.9 Å². The van der Waals surface area contributed by atoms with Crippen LogP contribution in [0, 0.1) is 0 Å². The molecule has 29 heavy (non-hydrogen) atoms. The van der Waals surface area contributed by atoms with E-state index in [0.29, 0.717) is 29.3 Å². The maximum Gasteiger partial charge on any atom is 0.272 e. The largest absolute Gasteiger partial charge is 0.326 e. The van der Waals surface area contributed by atoms with Crippen molar-refractivity contribution in [2.24, 2.45) is 0 Å². The number of anilines is 1. The number of aromatic nitrogens is 4. The minimum Gasteiger partial charge on any atom is -0.326 e. The number of hydrogen-bond donors (Lipinski definition) is 1. The summed E-state index contributed by atoms with van der Waals surface area (Å²) in [6.07, 6.45) is 2.52. The fourth-order valence-electron chi connectivity index (χ4n) is 3.44. The van der Waals surface area contributed by atoms with Crippen LogP contribution in [0.3, 0.4) is 0 Å². The van der Waals surface area contributed by atoms with Crippen molar-refractivity contribution in [2.75, 3.05) is 5.32 Å². The molecule has 0 aliphatic rings. The number of aryl methyl sites for hydroxylation is 3. The second-order valence-electron chi connectivity index (χ2n) is 6.94. The average molecular weight is 410 g/mol. The monoisotopic (exact) mass is 409 g/mol. The lowest BCUT2D eigenvalue weighted by molar-refractivity contribution is -0.116.